The Morgan fingerprint density at radius 3 is 2.92 bits per heavy atom. The lowest BCUT2D eigenvalue weighted by atomic mass is 9.91. The fourth-order valence-corrected chi connectivity index (χ4v) is 2.81. The van der Waals surface area contributed by atoms with Crippen LogP contribution >= 0.6 is 0 Å². The topological polar surface area (TPSA) is 74.8 Å². The largest absolute Gasteiger partial charge is 0.379 e. The van der Waals surface area contributed by atoms with E-state index in [9.17, 15) is 4.79 Å². The zero-order valence-electron chi connectivity index (χ0n) is 15.5. The van der Waals surface area contributed by atoms with Gasteiger partial charge in [0.1, 0.15) is 0 Å². The Kier molecular flexibility index (Phi) is 7.73. The number of carbonyl (C=O) groups is 1. The summed E-state index contributed by atoms with van der Waals surface area (Å²) >= 11 is 0. The first-order valence-corrected chi connectivity index (χ1v) is 9.12. The number of hydrogen-bond acceptors (Lipinski definition) is 3. The van der Waals surface area contributed by atoms with Gasteiger partial charge in [-0.1, -0.05) is 18.2 Å². The van der Waals surface area contributed by atoms with Crippen molar-refractivity contribution in [3.63, 3.8) is 0 Å². The molecule has 0 saturated carbocycles. The molecule has 1 amide bonds. The zero-order valence-corrected chi connectivity index (χ0v) is 15.5. The van der Waals surface area contributed by atoms with Crippen LogP contribution < -0.4 is 16.0 Å². The van der Waals surface area contributed by atoms with Gasteiger partial charge >= 0.3 is 0 Å². The fourth-order valence-electron chi connectivity index (χ4n) is 2.81. The number of benzene rings is 1. The second-order valence-electron chi connectivity index (χ2n) is 6.46. The Hall–Kier alpha value is -2.08. The molecule has 1 heterocycles. The molecule has 1 unspecified atom stereocenters. The summed E-state index contributed by atoms with van der Waals surface area (Å²) < 4.78 is 5.54. The van der Waals surface area contributed by atoms with Crippen LogP contribution in [0.1, 0.15) is 45.1 Å². The van der Waals surface area contributed by atoms with Gasteiger partial charge in [0, 0.05) is 37.7 Å². The summed E-state index contributed by atoms with van der Waals surface area (Å²) in [5.74, 6) is 0.961. The normalized spacial score (nSPS) is 17.2. The fraction of sp³-hybridized carbons (Fsp3) is 0.579. The number of hydrogen-bond donors (Lipinski definition) is 3. The Morgan fingerprint density at radius 2 is 2.16 bits per heavy atom. The van der Waals surface area contributed by atoms with E-state index in [4.69, 9.17) is 4.74 Å². The maximum Gasteiger partial charge on any atom is 0.225 e. The van der Waals surface area contributed by atoms with Crippen LogP contribution in [0, 0.1) is 0 Å². The van der Waals surface area contributed by atoms with E-state index in [0.717, 1.165) is 43.3 Å². The lowest BCUT2D eigenvalue weighted by Gasteiger charge is -2.24. The Balaban J connectivity index is 1.91. The van der Waals surface area contributed by atoms with Crippen LogP contribution in [0.4, 0.5) is 5.69 Å². The van der Waals surface area contributed by atoms with Crippen LogP contribution in [0.25, 0.3) is 0 Å². The highest BCUT2D eigenvalue weighted by molar-refractivity contribution is 5.94. The first-order chi connectivity index (χ1) is 12.1. The molecule has 0 saturated heterocycles. The van der Waals surface area contributed by atoms with Gasteiger partial charge in [0.25, 0.3) is 0 Å². The van der Waals surface area contributed by atoms with E-state index in [1.54, 1.807) is 0 Å². The molecular formula is C19H30N4O2. The minimum atomic E-state index is 0.0581. The van der Waals surface area contributed by atoms with Crippen molar-refractivity contribution >= 4 is 17.6 Å². The molecule has 1 atom stereocenters. The monoisotopic (exact) mass is 346 g/mol. The molecule has 0 spiro atoms. The van der Waals surface area contributed by atoms with Crippen molar-refractivity contribution in [1.29, 1.82) is 0 Å². The summed E-state index contributed by atoms with van der Waals surface area (Å²) in [7, 11) is 0. The lowest BCUT2D eigenvalue weighted by Crippen LogP contribution is -2.38. The molecule has 1 aromatic rings. The van der Waals surface area contributed by atoms with Gasteiger partial charge in [-0.3, -0.25) is 9.79 Å². The summed E-state index contributed by atoms with van der Waals surface area (Å²) in [5, 5.41) is 9.51. The molecule has 2 rings (SSSR count). The predicted octanol–water partition coefficient (Wildman–Crippen LogP) is 2.48. The van der Waals surface area contributed by atoms with Gasteiger partial charge in [-0.15, -0.1) is 0 Å². The number of anilines is 1. The van der Waals surface area contributed by atoms with Gasteiger partial charge in [0.15, 0.2) is 5.96 Å². The lowest BCUT2D eigenvalue weighted by molar-refractivity contribution is -0.116. The molecule has 1 aliphatic heterocycles. The summed E-state index contributed by atoms with van der Waals surface area (Å²) in [6, 6.07) is 7.96. The number of aliphatic imine (C=N–C) groups is 1. The molecule has 0 radical (unpaired) electrons. The summed E-state index contributed by atoms with van der Waals surface area (Å²) in [6.45, 7) is 9.05. The number of guanidine groups is 1. The van der Waals surface area contributed by atoms with Crippen molar-refractivity contribution in [2.45, 2.75) is 45.6 Å². The summed E-state index contributed by atoms with van der Waals surface area (Å²) in [6.07, 6.45) is 1.67. The molecule has 25 heavy (non-hydrogen) atoms. The third-order valence-corrected chi connectivity index (χ3v) is 3.99. The second kappa shape index (κ2) is 10.0. The number of nitrogens with one attached hydrogen (secondary N) is 3. The highest BCUT2D eigenvalue weighted by Crippen LogP contribution is 2.31. The molecule has 1 aromatic carbocycles. The van der Waals surface area contributed by atoms with E-state index in [2.05, 4.69) is 27.0 Å². The molecular weight excluding hydrogens is 316 g/mol. The van der Waals surface area contributed by atoms with Gasteiger partial charge in [0.05, 0.1) is 12.6 Å². The molecule has 138 valence electrons. The highest BCUT2D eigenvalue weighted by atomic mass is 16.5. The minimum absolute atomic E-state index is 0.0581. The molecule has 3 N–H and O–H groups in total. The van der Waals surface area contributed by atoms with Crippen LogP contribution in [-0.2, 0) is 9.53 Å². The maximum atomic E-state index is 11.9. The van der Waals surface area contributed by atoms with E-state index < -0.39 is 0 Å². The van der Waals surface area contributed by atoms with E-state index >= 15 is 0 Å². The number of amides is 1. The molecule has 0 aliphatic carbocycles. The number of para-hydroxylation sites is 1. The number of nitrogens with zero attached hydrogens (tertiary/aromatic N) is 1. The van der Waals surface area contributed by atoms with Gasteiger partial charge in [-0.25, -0.2) is 0 Å². The standard InChI is InChI=1S/C19H30N4O2/c1-4-20-19(21-10-7-11-25-14(2)3)22-13-15-12-18(24)23-17-9-6-5-8-16(15)17/h5-6,8-9,14-15H,4,7,10-13H2,1-3H3,(H,23,24)(H2,20,21,22). The molecule has 6 nitrogen and oxygen atoms in total. The second-order valence-corrected chi connectivity index (χ2v) is 6.46. The highest BCUT2D eigenvalue weighted by Gasteiger charge is 2.24. The van der Waals surface area contributed by atoms with E-state index in [1.807, 2.05) is 39.0 Å². The number of carbonyl (C=O) groups excluding carboxylic acids is 1. The minimum Gasteiger partial charge on any atom is -0.379 e. The average molecular weight is 346 g/mol. The first kappa shape index (κ1) is 19.2. The molecule has 6 heteroatoms. The Bertz CT molecular complexity index is 587. The van der Waals surface area contributed by atoms with E-state index in [1.165, 1.54) is 0 Å². The van der Waals surface area contributed by atoms with Gasteiger partial charge in [0.2, 0.25) is 5.91 Å². The molecule has 1 aliphatic rings. The molecule has 0 aromatic heterocycles. The van der Waals surface area contributed by atoms with Gasteiger partial charge in [-0.05, 0) is 38.8 Å². The first-order valence-electron chi connectivity index (χ1n) is 9.12. The van der Waals surface area contributed by atoms with Crippen molar-refractivity contribution in [3.8, 4) is 0 Å². The number of rotatable bonds is 8. The quantitative estimate of drug-likeness (QED) is 0.384. The number of fused-ring (bicyclic) bond motifs is 1. The third kappa shape index (κ3) is 6.38. The van der Waals surface area contributed by atoms with Gasteiger partial charge in [-0.2, -0.15) is 0 Å². The van der Waals surface area contributed by atoms with Crippen LogP contribution in [0.2, 0.25) is 0 Å². The van der Waals surface area contributed by atoms with Crippen molar-refractivity contribution < 1.29 is 9.53 Å². The van der Waals surface area contributed by atoms with Gasteiger partial charge < -0.3 is 20.7 Å². The third-order valence-electron chi connectivity index (χ3n) is 3.99. The van der Waals surface area contributed by atoms with Crippen molar-refractivity contribution in [1.82, 2.24) is 10.6 Å². The van der Waals surface area contributed by atoms with Crippen molar-refractivity contribution in [3.05, 3.63) is 29.8 Å². The average Bonchev–Trinajstić information content (AvgIpc) is 2.58. The van der Waals surface area contributed by atoms with Crippen LogP contribution in [0.3, 0.4) is 0 Å². The Morgan fingerprint density at radius 1 is 1.36 bits per heavy atom. The zero-order chi connectivity index (χ0) is 18.1. The predicted molar refractivity (Wildman–Crippen MR) is 102 cm³/mol. The summed E-state index contributed by atoms with van der Waals surface area (Å²) in [5.41, 5.74) is 2.06. The van der Waals surface area contributed by atoms with Crippen LogP contribution in [-0.4, -0.2) is 44.2 Å². The van der Waals surface area contributed by atoms with Crippen LogP contribution in [0.15, 0.2) is 29.3 Å². The van der Waals surface area contributed by atoms with Crippen molar-refractivity contribution in [2.75, 3.05) is 31.6 Å². The Labute approximate surface area is 150 Å². The van der Waals surface area contributed by atoms with E-state index in [0.29, 0.717) is 13.0 Å². The van der Waals surface area contributed by atoms with Crippen LogP contribution in [0.5, 0.6) is 0 Å². The summed E-state index contributed by atoms with van der Waals surface area (Å²) in [4.78, 5) is 16.6. The van der Waals surface area contributed by atoms with E-state index in [-0.39, 0.29) is 17.9 Å². The maximum absolute atomic E-state index is 11.9. The SMILES string of the molecule is CCNC(=NCC1CC(=O)Nc2ccccc21)NCCCOC(C)C. The molecule has 0 bridgehead atoms. The smallest absolute Gasteiger partial charge is 0.225 e. The number of ether oxygens (including phenoxy) is 1. The molecule has 0 fully saturated rings. The van der Waals surface area contributed by atoms with Crippen molar-refractivity contribution in [2.24, 2.45) is 4.99 Å².